The van der Waals surface area contributed by atoms with Crippen molar-refractivity contribution in [1.29, 1.82) is 0 Å². The number of likely N-dealkylation sites (N-methyl/N-ethyl adjacent to an activating group) is 1. The Hall–Kier alpha value is 0.0300. The fraction of sp³-hybridized carbons (Fsp3) is 1.00. The quantitative estimate of drug-likeness (QED) is 0.122. The van der Waals surface area contributed by atoms with Gasteiger partial charge in [0.1, 0.15) is 13.2 Å². The molecule has 1 aliphatic heterocycles. The standard InChI is InChI=1S/C24H50NO5P/c1-3-4-5-6-7-8-9-10-11-12-13-17-21-28-23-24-30-31(26,27)29-22-20-25(2)18-15-14-16-19-25/h3-24H2,1-2H3. The highest BCUT2D eigenvalue weighted by Gasteiger charge is 2.25. The van der Waals surface area contributed by atoms with Crippen LogP contribution in [0.25, 0.3) is 0 Å². The maximum atomic E-state index is 11.8. The highest BCUT2D eigenvalue weighted by atomic mass is 31.2. The first-order valence-electron chi connectivity index (χ1n) is 13.0. The van der Waals surface area contributed by atoms with E-state index in [1.54, 1.807) is 0 Å². The summed E-state index contributed by atoms with van der Waals surface area (Å²) in [5.74, 6) is 0. The first-order valence-corrected chi connectivity index (χ1v) is 14.4. The molecule has 1 rings (SSSR count). The summed E-state index contributed by atoms with van der Waals surface area (Å²) in [5, 5.41) is 0. The minimum Gasteiger partial charge on any atom is -0.756 e. The molecule has 6 nitrogen and oxygen atoms in total. The van der Waals surface area contributed by atoms with E-state index in [1.165, 1.54) is 89.9 Å². The molecule has 1 fully saturated rings. The van der Waals surface area contributed by atoms with E-state index in [9.17, 15) is 9.46 Å². The smallest absolute Gasteiger partial charge is 0.268 e. The average Bonchev–Trinajstić information content (AvgIpc) is 2.73. The number of ether oxygens (including phenoxy) is 1. The number of phosphoric ester groups is 1. The van der Waals surface area contributed by atoms with Crippen LogP contribution in [0.2, 0.25) is 0 Å². The first kappa shape index (κ1) is 29.1. The second-order valence-corrected chi connectivity index (χ2v) is 10.9. The van der Waals surface area contributed by atoms with Gasteiger partial charge in [0.2, 0.25) is 0 Å². The van der Waals surface area contributed by atoms with Gasteiger partial charge < -0.3 is 23.2 Å². The Morgan fingerprint density at radius 1 is 0.710 bits per heavy atom. The Morgan fingerprint density at radius 2 is 1.23 bits per heavy atom. The van der Waals surface area contributed by atoms with Gasteiger partial charge in [-0.25, -0.2) is 0 Å². The van der Waals surface area contributed by atoms with Gasteiger partial charge >= 0.3 is 0 Å². The van der Waals surface area contributed by atoms with Crippen molar-refractivity contribution in [2.24, 2.45) is 0 Å². The van der Waals surface area contributed by atoms with Crippen molar-refractivity contribution in [2.45, 2.75) is 103 Å². The zero-order valence-corrected chi connectivity index (χ0v) is 21.4. The van der Waals surface area contributed by atoms with Crippen molar-refractivity contribution in [3.8, 4) is 0 Å². The van der Waals surface area contributed by atoms with Crippen LogP contribution in [0.5, 0.6) is 0 Å². The van der Waals surface area contributed by atoms with E-state index in [-0.39, 0.29) is 13.2 Å². The summed E-state index contributed by atoms with van der Waals surface area (Å²) >= 11 is 0. The van der Waals surface area contributed by atoms with Crippen LogP contribution in [-0.4, -0.2) is 57.6 Å². The van der Waals surface area contributed by atoms with Gasteiger partial charge in [0.05, 0.1) is 33.4 Å². The van der Waals surface area contributed by atoms with Gasteiger partial charge in [-0.2, -0.15) is 0 Å². The first-order chi connectivity index (χ1) is 15.0. The van der Waals surface area contributed by atoms with Crippen LogP contribution >= 0.6 is 7.82 Å². The predicted molar refractivity (Wildman–Crippen MR) is 126 cm³/mol. The highest BCUT2D eigenvalue weighted by Crippen LogP contribution is 2.38. The Bertz CT molecular complexity index is 457. The van der Waals surface area contributed by atoms with E-state index in [4.69, 9.17) is 13.8 Å². The van der Waals surface area contributed by atoms with Gasteiger partial charge in [0.25, 0.3) is 7.82 Å². The summed E-state index contributed by atoms with van der Waals surface area (Å²) in [4.78, 5) is 11.8. The van der Waals surface area contributed by atoms with Crippen LogP contribution in [0.15, 0.2) is 0 Å². The number of piperidine rings is 1. The number of nitrogens with zero attached hydrogens (tertiary/aromatic N) is 1. The van der Waals surface area contributed by atoms with Gasteiger partial charge in [-0.15, -0.1) is 0 Å². The third kappa shape index (κ3) is 17.2. The zero-order valence-electron chi connectivity index (χ0n) is 20.5. The molecule has 0 N–H and O–H groups in total. The van der Waals surface area contributed by atoms with E-state index in [1.807, 2.05) is 0 Å². The van der Waals surface area contributed by atoms with Crippen molar-refractivity contribution in [3.63, 3.8) is 0 Å². The third-order valence-electron chi connectivity index (χ3n) is 6.40. The number of likely N-dealkylation sites (tertiary alicyclic amines) is 1. The van der Waals surface area contributed by atoms with Crippen LogP contribution in [-0.2, 0) is 18.3 Å². The van der Waals surface area contributed by atoms with Crippen LogP contribution in [0, 0.1) is 0 Å². The normalized spacial score (nSPS) is 18.2. The molecular formula is C24H50NO5P. The van der Waals surface area contributed by atoms with Crippen LogP contribution in [0.4, 0.5) is 0 Å². The minimum atomic E-state index is -4.22. The molecule has 31 heavy (non-hydrogen) atoms. The molecule has 0 bridgehead atoms. The summed E-state index contributed by atoms with van der Waals surface area (Å²) in [6, 6.07) is 0. The van der Waals surface area contributed by atoms with Crippen molar-refractivity contribution < 1.29 is 27.7 Å². The molecular weight excluding hydrogens is 413 g/mol. The van der Waals surface area contributed by atoms with E-state index in [2.05, 4.69) is 14.0 Å². The summed E-state index contributed by atoms with van der Waals surface area (Å²) in [7, 11) is -2.05. The van der Waals surface area contributed by atoms with E-state index >= 15 is 0 Å². The van der Waals surface area contributed by atoms with Gasteiger partial charge in [0, 0.05) is 6.61 Å². The summed E-state index contributed by atoms with van der Waals surface area (Å²) in [6.07, 6.45) is 19.5. The molecule has 0 radical (unpaired) electrons. The number of phosphoric acid groups is 1. The van der Waals surface area contributed by atoms with Gasteiger partial charge in [-0.05, 0) is 25.7 Å². The summed E-state index contributed by atoms with van der Waals surface area (Å²) in [5.41, 5.74) is 0. The maximum absolute atomic E-state index is 11.8. The Kier molecular flexibility index (Phi) is 17.3. The Balaban J connectivity index is 1.84. The zero-order chi connectivity index (χ0) is 22.7. The molecule has 1 heterocycles. The molecule has 0 spiro atoms. The maximum Gasteiger partial charge on any atom is 0.268 e. The number of quaternary nitrogens is 1. The molecule has 1 unspecified atom stereocenters. The van der Waals surface area contributed by atoms with Crippen molar-refractivity contribution in [1.82, 2.24) is 0 Å². The minimum absolute atomic E-state index is 0.0329. The van der Waals surface area contributed by atoms with Gasteiger partial charge in [-0.3, -0.25) is 4.57 Å². The lowest BCUT2D eigenvalue weighted by molar-refractivity contribution is -0.914. The fourth-order valence-electron chi connectivity index (χ4n) is 4.26. The lowest BCUT2D eigenvalue weighted by atomic mass is 10.1. The molecule has 0 saturated carbocycles. The van der Waals surface area contributed by atoms with Crippen molar-refractivity contribution in [3.05, 3.63) is 0 Å². The molecule has 1 aliphatic rings. The molecule has 0 amide bonds. The monoisotopic (exact) mass is 463 g/mol. The topological polar surface area (TPSA) is 67.8 Å². The second kappa shape index (κ2) is 18.5. The fourth-order valence-corrected chi connectivity index (χ4v) is 4.94. The van der Waals surface area contributed by atoms with E-state index in [0.717, 1.165) is 24.0 Å². The Labute approximate surface area is 192 Å². The molecule has 186 valence electrons. The second-order valence-electron chi connectivity index (χ2n) is 9.47. The molecule has 0 aromatic carbocycles. The molecule has 0 aliphatic carbocycles. The summed E-state index contributed by atoms with van der Waals surface area (Å²) < 4.78 is 28.2. The lowest BCUT2D eigenvalue weighted by Crippen LogP contribution is -2.49. The number of hydrogen-bond donors (Lipinski definition) is 0. The van der Waals surface area contributed by atoms with Gasteiger partial charge in [-0.1, -0.05) is 77.6 Å². The lowest BCUT2D eigenvalue weighted by Gasteiger charge is -2.38. The van der Waals surface area contributed by atoms with Crippen molar-refractivity contribution >= 4 is 7.82 Å². The molecule has 1 saturated heterocycles. The van der Waals surface area contributed by atoms with Crippen LogP contribution in [0.1, 0.15) is 103 Å². The largest absolute Gasteiger partial charge is 0.756 e. The van der Waals surface area contributed by atoms with E-state index in [0.29, 0.717) is 19.8 Å². The van der Waals surface area contributed by atoms with Gasteiger partial charge in [0.15, 0.2) is 0 Å². The third-order valence-corrected chi connectivity index (χ3v) is 7.39. The highest BCUT2D eigenvalue weighted by molar-refractivity contribution is 7.45. The van der Waals surface area contributed by atoms with Crippen molar-refractivity contribution in [2.75, 3.05) is 53.1 Å². The molecule has 0 aromatic heterocycles. The van der Waals surface area contributed by atoms with Crippen LogP contribution < -0.4 is 4.89 Å². The number of rotatable bonds is 21. The molecule has 1 atom stereocenters. The van der Waals surface area contributed by atoms with Crippen LogP contribution in [0.3, 0.4) is 0 Å². The van der Waals surface area contributed by atoms with E-state index < -0.39 is 7.82 Å². The average molecular weight is 464 g/mol. The molecule has 7 heteroatoms. The SMILES string of the molecule is CCCCCCCCCCCCCCOCCOP(=O)([O-])OCC[N+]1(C)CCCCC1. The molecule has 0 aromatic rings. The number of unbranched alkanes of at least 4 members (excludes halogenated alkanes) is 11. The predicted octanol–water partition coefficient (Wildman–Crippen LogP) is 5.84. The summed E-state index contributed by atoms with van der Waals surface area (Å²) in [6.45, 7) is 6.36. The Morgan fingerprint density at radius 3 is 1.81 bits per heavy atom. The number of hydrogen-bond acceptors (Lipinski definition) is 5.